The number of nitrogens with one attached hydrogen (secondary N) is 1. The number of amides is 1. The van der Waals surface area contributed by atoms with Crippen LogP contribution in [0.25, 0.3) is 0 Å². The first-order chi connectivity index (χ1) is 6.04. The van der Waals surface area contributed by atoms with Crippen LogP contribution in [0.15, 0.2) is 0 Å². The Morgan fingerprint density at radius 1 is 1.77 bits per heavy atom. The van der Waals surface area contributed by atoms with E-state index in [1.165, 1.54) is 11.8 Å². The lowest BCUT2D eigenvalue weighted by Gasteiger charge is -2.33. The summed E-state index contributed by atoms with van der Waals surface area (Å²) >= 11 is 0. The molecule has 1 aliphatic heterocycles. The molecule has 0 aromatic carbocycles. The Hall–Kier alpha value is -1.10. The van der Waals surface area contributed by atoms with E-state index in [4.69, 9.17) is 5.11 Å². The first-order valence-electron chi connectivity index (χ1n) is 4.30. The summed E-state index contributed by atoms with van der Waals surface area (Å²) in [6, 6.07) is -0.993. The number of hydrogen-bond acceptors (Lipinski definition) is 3. The number of carboxylic acids is 1. The second-order valence-electron chi connectivity index (χ2n) is 3.22. The maximum absolute atomic E-state index is 11.5. The van der Waals surface area contributed by atoms with Crippen LogP contribution in [0.1, 0.15) is 13.8 Å². The second-order valence-corrected chi connectivity index (χ2v) is 3.22. The fourth-order valence-corrected chi connectivity index (χ4v) is 1.37. The van der Waals surface area contributed by atoms with E-state index < -0.39 is 12.0 Å². The average Bonchev–Trinajstić information content (AvgIpc) is 2.08. The van der Waals surface area contributed by atoms with E-state index in [1.807, 2.05) is 0 Å². The van der Waals surface area contributed by atoms with E-state index in [0.29, 0.717) is 13.1 Å². The van der Waals surface area contributed by atoms with Crippen LogP contribution >= 0.6 is 0 Å². The first-order valence-corrected chi connectivity index (χ1v) is 4.30. The molecule has 1 aliphatic rings. The molecule has 1 saturated heterocycles. The normalized spacial score (nSPS) is 25.8. The van der Waals surface area contributed by atoms with Crippen molar-refractivity contribution in [1.29, 1.82) is 0 Å². The molecule has 0 spiro atoms. The minimum Gasteiger partial charge on any atom is -0.480 e. The largest absolute Gasteiger partial charge is 0.480 e. The van der Waals surface area contributed by atoms with Gasteiger partial charge in [0, 0.05) is 13.1 Å². The number of piperazine rings is 1. The van der Waals surface area contributed by atoms with Crippen molar-refractivity contribution in [2.45, 2.75) is 25.9 Å². The molecule has 0 aromatic heterocycles. The molecule has 2 atom stereocenters. The number of hydrogen-bond donors (Lipinski definition) is 2. The summed E-state index contributed by atoms with van der Waals surface area (Å²) < 4.78 is 0. The van der Waals surface area contributed by atoms with Gasteiger partial charge in [-0.1, -0.05) is 0 Å². The predicted molar refractivity (Wildman–Crippen MR) is 46.3 cm³/mol. The van der Waals surface area contributed by atoms with E-state index >= 15 is 0 Å². The molecule has 0 saturated carbocycles. The minimum atomic E-state index is -0.956. The quantitative estimate of drug-likeness (QED) is 0.597. The van der Waals surface area contributed by atoms with Crippen LogP contribution in [0.5, 0.6) is 0 Å². The highest BCUT2D eigenvalue weighted by atomic mass is 16.4. The zero-order valence-electron chi connectivity index (χ0n) is 7.78. The topological polar surface area (TPSA) is 69.6 Å². The van der Waals surface area contributed by atoms with Gasteiger partial charge in [0.05, 0.1) is 6.04 Å². The van der Waals surface area contributed by atoms with Gasteiger partial charge >= 0.3 is 5.97 Å². The lowest BCUT2D eigenvalue weighted by molar-refractivity contribution is -0.151. The predicted octanol–water partition coefficient (Wildman–Crippen LogP) is -0.720. The van der Waals surface area contributed by atoms with Gasteiger partial charge in [-0.15, -0.1) is 0 Å². The Kier molecular flexibility index (Phi) is 2.87. The van der Waals surface area contributed by atoms with Crippen molar-refractivity contribution < 1.29 is 14.7 Å². The molecule has 0 aliphatic carbocycles. The van der Waals surface area contributed by atoms with Crippen LogP contribution in [-0.2, 0) is 9.59 Å². The molecule has 0 aromatic rings. The molecule has 1 heterocycles. The van der Waals surface area contributed by atoms with Crippen molar-refractivity contribution in [3.05, 3.63) is 0 Å². The minimum absolute atomic E-state index is 0.138. The van der Waals surface area contributed by atoms with Gasteiger partial charge in [0.15, 0.2) is 0 Å². The van der Waals surface area contributed by atoms with Gasteiger partial charge in [0.25, 0.3) is 0 Å². The van der Waals surface area contributed by atoms with Gasteiger partial charge in [-0.25, -0.2) is 4.79 Å². The summed E-state index contributed by atoms with van der Waals surface area (Å²) in [4.78, 5) is 23.5. The molecular weight excluding hydrogens is 172 g/mol. The maximum atomic E-state index is 11.5. The van der Waals surface area contributed by atoms with Crippen LogP contribution < -0.4 is 5.32 Å². The molecular formula is C8H14N2O3. The summed E-state index contributed by atoms with van der Waals surface area (Å²) in [5.74, 6) is -1.09. The van der Waals surface area contributed by atoms with Gasteiger partial charge < -0.3 is 15.3 Å². The van der Waals surface area contributed by atoms with Gasteiger partial charge in [-0.3, -0.25) is 4.79 Å². The molecule has 74 valence electrons. The van der Waals surface area contributed by atoms with Crippen molar-refractivity contribution in [1.82, 2.24) is 10.2 Å². The highest BCUT2D eigenvalue weighted by molar-refractivity contribution is 5.87. The number of nitrogens with zero attached hydrogens (tertiary/aromatic N) is 1. The summed E-state index contributed by atoms with van der Waals surface area (Å²) in [6.07, 6.45) is 0. The third-order valence-electron chi connectivity index (χ3n) is 2.28. The van der Waals surface area contributed by atoms with E-state index in [-0.39, 0.29) is 11.9 Å². The van der Waals surface area contributed by atoms with Crippen LogP contribution in [0.3, 0.4) is 0 Å². The molecule has 2 N–H and O–H groups in total. The number of carboxylic acid groups (broad SMARTS) is 1. The van der Waals surface area contributed by atoms with Crippen molar-refractivity contribution in [2.75, 3.05) is 13.1 Å². The molecule has 0 radical (unpaired) electrons. The Labute approximate surface area is 76.7 Å². The lowest BCUT2D eigenvalue weighted by atomic mass is 10.1. The molecule has 1 amide bonds. The third kappa shape index (κ3) is 1.98. The van der Waals surface area contributed by atoms with Crippen molar-refractivity contribution in [3.63, 3.8) is 0 Å². The van der Waals surface area contributed by atoms with Gasteiger partial charge in [-0.05, 0) is 13.8 Å². The van der Waals surface area contributed by atoms with E-state index in [1.54, 1.807) is 6.92 Å². The smallest absolute Gasteiger partial charge is 0.326 e. The van der Waals surface area contributed by atoms with E-state index in [0.717, 1.165) is 0 Å². The highest BCUT2D eigenvalue weighted by Crippen LogP contribution is 2.06. The van der Waals surface area contributed by atoms with Crippen LogP contribution in [0.2, 0.25) is 0 Å². The average molecular weight is 186 g/mol. The van der Waals surface area contributed by atoms with E-state index in [9.17, 15) is 9.59 Å². The summed E-state index contributed by atoms with van der Waals surface area (Å²) in [5.41, 5.74) is 0. The van der Waals surface area contributed by atoms with Crippen LogP contribution in [0, 0.1) is 0 Å². The second kappa shape index (κ2) is 3.74. The molecule has 0 bridgehead atoms. The van der Waals surface area contributed by atoms with Crippen molar-refractivity contribution in [2.24, 2.45) is 0 Å². The third-order valence-corrected chi connectivity index (χ3v) is 2.28. The van der Waals surface area contributed by atoms with Crippen LogP contribution in [-0.4, -0.2) is 47.1 Å². The molecule has 1 fully saturated rings. The molecule has 5 heteroatoms. The monoisotopic (exact) mass is 186 g/mol. The maximum Gasteiger partial charge on any atom is 0.326 e. The highest BCUT2D eigenvalue weighted by Gasteiger charge is 2.31. The Bertz CT molecular complexity index is 229. The van der Waals surface area contributed by atoms with Gasteiger partial charge in [0.2, 0.25) is 5.91 Å². The fraction of sp³-hybridized carbons (Fsp3) is 0.750. The Balaban J connectivity index is 2.68. The van der Waals surface area contributed by atoms with Crippen molar-refractivity contribution in [3.8, 4) is 0 Å². The summed E-state index contributed by atoms with van der Waals surface area (Å²) in [5, 5.41) is 11.7. The summed E-state index contributed by atoms with van der Waals surface area (Å²) in [7, 11) is 0. The number of carbonyl (C=O) groups is 2. The standard InChI is InChI=1S/C8H14N2O3/c1-5-7(11)10(4-3-9-5)6(2)8(12)13/h5-6,9H,3-4H2,1-2H3,(H,12,13)/t5-,6-/m0/s1. The molecule has 5 nitrogen and oxygen atoms in total. The Morgan fingerprint density at radius 2 is 2.38 bits per heavy atom. The van der Waals surface area contributed by atoms with Crippen molar-refractivity contribution >= 4 is 11.9 Å². The first kappa shape index (κ1) is 9.98. The van der Waals surface area contributed by atoms with Gasteiger partial charge in [0.1, 0.15) is 6.04 Å². The van der Waals surface area contributed by atoms with E-state index in [2.05, 4.69) is 5.32 Å². The molecule has 13 heavy (non-hydrogen) atoms. The van der Waals surface area contributed by atoms with Gasteiger partial charge in [-0.2, -0.15) is 0 Å². The number of aliphatic carboxylic acids is 1. The number of rotatable bonds is 2. The zero-order valence-corrected chi connectivity index (χ0v) is 7.78. The summed E-state index contributed by atoms with van der Waals surface area (Å²) in [6.45, 7) is 4.39. The SMILES string of the molecule is C[C@@H]1NCCN([C@@H](C)C(=O)O)C1=O. The molecule has 0 unspecified atom stereocenters. The lowest BCUT2D eigenvalue weighted by Crippen LogP contribution is -2.57. The fourth-order valence-electron chi connectivity index (χ4n) is 1.37. The Morgan fingerprint density at radius 3 is 2.92 bits per heavy atom. The van der Waals surface area contributed by atoms with Crippen LogP contribution in [0.4, 0.5) is 0 Å². The number of carbonyl (C=O) groups excluding carboxylic acids is 1. The molecule has 1 rings (SSSR count). The zero-order chi connectivity index (χ0) is 10.0.